The number of nitrogens with one attached hydrogen (secondary N) is 1. The van der Waals surface area contributed by atoms with Crippen LogP contribution < -0.4 is 11.2 Å². The van der Waals surface area contributed by atoms with Crippen molar-refractivity contribution in [3.05, 3.63) is 33.1 Å². The smallest absolute Gasteiger partial charge is 0.330 e. The highest BCUT2D eigenvalue weighted by Crippen LogP contribution is 2.44. The highest BCUT2D eigenvalue weighted by molar-refractivity contribution is 4.97. The average Bonchev–Trinajstić information content (AvgIpc) is 2.55. The summed E-state index contributed by atoms with van der Waals surface area (Å²) in [6.45, 7) is 5.52. The van der Waals surface area contributed by atoms with Gasteiger partial charge in [0.05, 0.1) is 5.60 Å². The number of ether oxygens (including phenoxy) is 1. The summed E-state index contributed by atoms with van der Waals surface area (Å²) in [6, 6.07) is 1.18. The number of H-pyrrole nitrogens is 1. The molecule has 0 unspecified atom stereocenters. The lowest BCUT2D eigenvalue weighted by molar-refractivity contribution is -0.0809. The summed E-state index contributed by atoms with van der Waals surface area (Å²) in [4.78, 5) is 24.7. The van der Waals surface area contributed by atoms with Crippen LogP contribution in [0, 0.1) is 5.92 Å². The molecule has 0 aromatic carbocycles. The van der Waals surface area contributed by atoms with E-state index in [9.17, 15) is 14.0 Å². The molecule has 6 heteroatoms. The predicted octanol–water partition coefficient (Wildman–Crippen LogP) is 1.21. The Morgan fingerprint density at radius 2 is 2.22 bits per heavy atom. The van der Waals surface area contributed by atoms with Crippen molar-refractivity contribution in [1.82, 2.24) is 9.55 Å². The van der Waals surface area contributed by atoms with Gasteiger partial charge in [0.25, 0.3) is 5.56 Å². The molecule has 1 aliphatic heterocycles. The quantitative estimate of drug-likeness (QED) is 0.865. The van der Waals surface area contributed by atoms with Gasteiger partial charge in [0.2, 0.25) is 0 Å². The van der Waals surface area contributed by atoms with Crippen molar-refractivity contribution in [3.8, 4) is 0 Å². The zero-order chi connectivity index (χ0) is 13.5. The lowest BCUT2D eigenvalue weighted by atomic mass is 9.87. The maximum atomic E-state index is 14.3. The molecule has 1 N–H and O–H groups in total. The second kappa shape index (κ2) is 4.35. The van der Waals surface area contributed by atoms with E-state index in [1.807, 2.05) is 13.8 Å². The summed E-state index contributed by atoms with van der Waals surface area (Å²) < 4.78 is 21.0. The van der Waals surface area contributed by atoms with Gasteiger partial charge < -0.3 is 4.74 Å². The molecule has 4 atom stereocenters. The molecular formula is C12H17FN2O3. The summed E-state index contributed by atoms with van der Waals surface area (Å²) >= 11 is 0. The van der Waals surface area contributed by atoms with Crippen LogP contribution in [0.1, 0.15) is 33.4 Å². The van der Waals surface area contributed by atoms with Crippen LogP contribution >= 0.6 is 0 Å². The molecule has 1 saturated heterocycles. The lowest BCUT2D eigenvalue weighted by Crippen LogP contribution is -2.34. The molecule has 5 nitrogen and oxygen atoms in total. The average molecular weight is 256 g/mol. The first-order valence-electron chi connectivity index (χ1n) is 6.02. The third kappa shape index (κ3) is 1.90. The molecule has 0 spiro atoms. The highest BCUT2D eigenvalue weighted by Gasteiger charge is 2.50. The Morgan fingerprint density at radius 3 is 2.72 bits per heavy atom. The van der Waals surface area contributed by atoms with E-state index in [4.69, 9.17) is 4.74 Å². The molecule has 0 amide bonds. The Kier molecular flexibility index (Phi) is 3.14. The Morgan fingerprint density at radius 1 is 1.56 bits per heavy atom. The van der Waals surface area contributed by atoms with Gasteiger partial charge >= 0.3 is 5.69 Å². The number of rotatable bonds is 2. The summed E-state index contributed by atoms with van der Waals surface area (Å²) in [7, 11) is 0. The van der Waals surface area contributed by atoms with E-state index in [0.29, 0.717) is 6.42 Å². The normalized spacial score (nSPS) is 35.9. The summed E-state index contributed by atoms with van der Waals surface area (Å²) in [6.07, 6.45) is -0.330. The van der Waals surface area contributed by atoms with Crippen LogP contribution in [-0.4, -0.2) is 21.3 Å². The molecule has 1 aromatic rings. The number of halogens is 1. The van der Waals surface area contributed by atoms with Gasteiger partial charge in [-0.1, -0.05) is 13.8 Å². The van der Waals surface area contributed by atoms with Crippen molar-refractivity contribution < 1.29 is 9.13 Å². The Balaban J connectivity index is 2.41. The Hall–Kier alpha value is -1.43. The number of hydrogen-bond acceptors (Lipinski definition) is 3. The lowest BCUT2D eigenvalue weighted by Gasteiger charge is -2.26. The first-order chi connectivity index (χ1) is 8.39. The van der Waals surface area contributed by atoms with Crippen LogP contribution in [0.5, 0.6) is 0 Å². The highest BCUT2D eigenvalue weighted by atomic mass is 19.1. The van der Waals surface area contributed by atoms with Gasteiger partial charge in [-0.05, 0) is 13.3 Å². The minimum Gasteiger partial charge on any atom is -0.348 e. The van der Waals surface area contributed by atoms with Crippen molar-refractivity contribution >= 4 is 0 Å². The molecular weight excluding hydrogens is 239 g/mol. The number of aromatic amines is 1. The fourth-order valence-electron chi connectivity index (χ4n) is 2.28. The molecule has 100 valence electrons. The van der Waals surface area contributed by atoms with Crippen LogP contribution in [-0.2, 0) is 4.74 Å². The largest absolute Gasteiger partial charge is 0.348 e. The van der Waals surface area contributed by atoms with E-state index in [2.05, 4.69) is 4.98 Å². The van der Waals surface area contributed by atoms with E-state index < -0.39 is 29.2 Å². The van der Waals surface area contributed by atoms with E-state index in [1.54, 1.807) is 6.92 Å². The standard InChI is InChI=1S/C12H17FN2O3/c1-4-12(3)7(2)9(13)10(18-12)15-6-5-8(16)14-11(15)17/h5-7,9-10H,4H2,1-3H3,(H,14,16,17)/t7-,9+,10+,12+/m0/s1. The molecule has 1 aliphatic rings. The SMILES string of the molecule is CC[C@@]1(C)O[C@@H](n2ccc(=O)[nH]c2=O)[C@H](F)[C@@H]1C. The van der Waals surface area contributed by atoms with Crippen molar-refractivity contribution in [1.29, 1.82) is 0 Å². The van der Waals surface area contributed by atoms with Gasteiger partial charge in [-0.3, -0.25) is 14.3 Å². The molecule has 0 radical (unpaired) electrons. The van der Waals surface area contributed by atoms with Crippen molar-refractivity contribution in [2.24, 2.45) is 5.92 Å². The molecule has 0 bridgehead atoms. The number of hydrogen-bond donors (Lipinski definition) is 1. The molecule has 18 heavy (non-hydrogen) atoms. The van der Waals surface area contributed by atoms with Crippen molar-refractivity contribution in [2.75, 3.05) is 0 Å². The second-order valence-corrected chi connectivity index (χ2v) is 4.93. The van der Waals surface area contributed by atoms with Crippen LogP contribution in [0.3, 0.4) is 0 Å². The Labute approximate surface area is 104 Å². The summed E-state index contributed by atoms with van der Waals surface area (Å²) in [5.41, 5.74) is -1.75. The minimum absolute atomic E-state index is 0.314. The van der Waals surface area contributed by atoms with E-state index in [-0.39, 0.29) is 5.92 Å². The first kappa shape index (κ1) is 13.0. The van der Waals surface area contributed by atoms with Crippen LogP contribution in [0.2, 0.25) is 0 Å². The molecule has 2 heterocycles. The van der Waals surface area contributed by atoms with Crippen molar-refractivity contribution in [3.63, 3.8) is 0 Å². The summed E-state index contributed by atoms with van der Waals surface area (Å²) in [5.74, 6) is -0.314. The monoisotopic (exact) mass is 256 g/mol. The zero-order valence-electron chi connectivity index (χ0n) is 10.6. The van der Waals surface area contributed by atoms with Crippen LogP contribution in [0.15, 0.2) is 21.9 Å². The fraction of sp³-hybridized carbons (Fsp3) is 0.667. The third-order valence-electron chi connectivity index (χ3n) is 3.93. The van der Waals surface area contributed by atoms with E-state index in [0.717, 1.165) is 4.57 Å². The molecule has 1 fully saturated rings. The van der Waals surface area contributed by atoms with Gasteiger partial charge in [-0.15, -0.1) is 0 Å². The fourth-order valence-corrected chi connectivity index (χ4v) is 2.28. The number of alkyl halides is 1. The van der Waals surface area contributed by atoms with Gasteiger partial charge in [0, 0.05) is 18.2 Å². The van der Waals surface area contributed by atoms with Gasteiger partial charge in [-0.2, -0.15) is 0 Å². The number of aromatic nitrogens is 2. The first-order valence-corrected chi connectivity index (χ1v) is 6.02. The van der Waals surface area contributed by atoms with E-state index >= 15 is 0 Å². The Bertz CT molecular complexity index is 553. The zero-order valence-corrected chi connectivity index (χ0v) is 10.6. The van der Waals surface area contributed by atoms with Gasteiger partial charge in [-0.25, -0.2) is 9.18 Å². The maximum Gasteiger partial charge on any atom is 0.330 e. The molecule has 2 rings (SSSR count). The molecule has 1 aromatic heterocycles. The second-order valence-electron chi connectivity index (χ2n) is 4.93. The van der Waals surface area contributed by atoms with Crippen LogP contribution in [0.25, 0.3) is 0 Å². The maximum absolute atomic E-state index is 14.3. The predicted molar refractivity (Wildman–Crippen MR) is 64.2 cm³/mol. The van der Waals surface area contributed by atoms with Crippen molar-refractivity contribution in [2.45, 2.75) is 45.2 Å². The van der Waals surface area contributed by atoms with Gasteiger partial charge in [0.15, 0.2) is 12.4 Å². The van der Waals surface area contributed by atoms with Gasteiger partial charge in [0.1, 0.15) is 0 Å². The third-order valence-corrected chi connectivity index (χ3v) is 3.93. The van der Waals surface area contributed by atoms with E-state index in [1.165, 1.54) is 12.3 Å². The topological polar surface area (TPSA) is 64.1 Å². The molecule has 0 saturated carbocycles. The molecule has 0 aliphatic carbocycles. The number of nitrogens with zero attached hydrogens (tertiary/aromatic N) is 1. The van der Waals surface area contributed by atoms with Crippen LogP contribution in [0.4, 0.5) is 4.39 Å². The summed E-state index contributed by atoms with van der Waals surface area (Å²) in [5, 5.41) is 0. The minimum atomic E-state index is -1.28.